The minimum Gasteiger partial charge on any atom is -0.381 e. The summed E-state index contributed by atoms with van der Waals surface area (Å²) in [6, 6.07) is 11.2. The molecule has 1 fully saturated rings. The highest BCUT2D eigenvalue weighted by Crippen LogP contribution is 2.33. The monoisotopic (exact) mass is 394 g/mol. The standard InChI is InChI=1S/C17H16BrClN2O2/c18-13-3-1-2-12(10-13)17(5-8-23-9-6-17)21-16(22)15-11-14(19)4-7-20-15/h1-4,7,10-11H,5-6,8-9H2,(H,21,22). The normalized spacial score (nSPS) is 16.8. The third-order valence-corrected chi connectivity index (χ3v) is 4.76. The molecule has 1 amide bonds. The van der Waals surface area contributed by atoms with Crippen molar-refractivity contribution in [2.75, 3.05) is 13.2 Å². The molecule has 1 N–H and O–H groups in total. The number of pyridine rings is 1. The Morgan fingerprint density at radius 3 is 2.74 bits per heavy atom. The summed E-state index contributed by atoms with van der Waals surface area (Å²) in [4.78, 5) is 16.8. The molecule has 0 unspecified atom stereocenters. The van der Waals surface area contributed by atoms with E-state index in [2.05, 4.69) is 26.2 Å². The van der Waals surface area contributed by atoms with Crippen LogP contribution in [0.25, 0.3) is 0 Å². The van der Waals surface area contributed by atoms with E-state index in [1.165, 1.54) is 6.20 Å². The molecule has 6 heteroatoms. The molecule has 3 rings (SSSR count). The summed E-state index contributed by atoms with van der Waals surface area (Å²) >= 11 is 9.46. The number of carbonyl (C=O) groups is 1. The van der Waals surface area contributed by atoms with Gasteiger partial charge >= 0.3 is 0 Å². The number of ether oxygens (including phenoxy) is 1. The second-order valence-electron chi connectivity index (χ2n) is 5.52. The van der Waals surface area contributed by atoms with Crippen LogP contribution < -0.4 is 5.32 Å². The second-order valence-corrected chi connectivity index (χ2v) is 6.87. The van der Waals surface area contributed by atoms with E-state index in [9.17, 15) is 4.79 Å². The number of hydrogen-bond donors (Lipinski definition) is 1. The van der Waals surface area contributed by atoms with Crippen molar-refractivity contribution in [1.29, 1.82) is 0 Å². The van der Waals surface area contributed by atoms with E-state index in [0.29, 0.717) is 23.9 Å². The van der Waals surface area contributed by atoms with Crippen molar-refractivity contribution < 1.29 is 9.53 Å². The van der Waals surface area contributed by atoms with Gasteiger partial charge in [-0.05, 0) is 42.7 Å². The number of halogens is 2. The molecule has 1 saturated heterocycles. The first-order valence-corrected chi connectivity index (χ1v) is 8.54. The highest BCUT2D eigenvalue weighted by Gasteiger charge is 2.36. The molecular formula is C17H16BrClN2O2. The van der Waals surface area contributed by atoms with Gasteiger partial charge in [-0.2, -0.15) is 0 Å². The van der Waals surface area contributed by atoms with Gasteiger partial charge in [-0.3, -0.25) is 9.78 Å². The van der Waals surface area contributed by atoms with Crippen molar-refractivity contribution in [2.24, 2.45) is 0 Å². The van der Waals surface area contributed by atoms with Crippen molar-refractivity contribution in [3.63, 3.8) is 0 Å². The summed E-state index contributed by atoms with van der Waals surface area (Å²) in [5.74, 6) is -0.227. The Hall–Kier alpha value is -1.43. The van der Waals surface area contributed by atoms with E-state index in [1.54, 1.807) is 12.1 Å². The van der Waals surface area contributed by atoms with E-state index in [1.807, 2.05) is 24.3 Å². The Morgan fingerprint density at radius 2 is 2.04 bits per heavy atom. The highest BCUT2D eigenvalue weighted by molar-refractivity contribution is 9.10. The Bertz CT molecular complexity index is 717. The number of carbonyl (C=O) groups excluding carboxylic acids is 1. The van der Waals surface area contributed by atoms with Crippen LogP contribution in [0.2, 0.25) is 5.02 Å². The zero-order chi connectivity index (χ0) is 16.3. The molecule has 1 aromatic heterocycles. The van der Waals surface area contributed by atoms with Gasteiger partial charge in [-0.25, -0.2) is 0 Å². The smallest absolute Gasteiger partial charge is 0.270 e. The average Bonchev–Trinajstić information content (AvgIpc) is 2.56. The van der Waals surface area contributed by atoms with Gasteiger partial charge in [0.15, 0.2) is 0 Å². The average molecular weight is 396 g/mol. The van der Waals surface area contributed by atoms with Crippen LogP contribution in [-0.2, 0) is 10.3 Å². The third kappa shape index (κ3) is 3.74. The van der Waals surface area contributed by atoms with Gasteiger partial charge in [0.1, 0.15) is 5.69 Å². The molecule has 2 heterocycles. The lowest BCUT2D eigenvalue weighted by molar-refractivity contribution is 0.0344. The van der Waals surface area contributed by atoms with E-state index in [0.717, 1.165) is 22.9 Å². The van der Waals surface area contributed by atoms with Gasteiger partial charge in [0.2, 0.25) is 0 Å². The summed E-state index contributed by atoms with van der Waals surface area (Å²) < 4.78 is 6.47. The van der Waals surface area contributed by atoms with Crippen LogP contribution in [0.4, 0.5) is 0 Å². The number of benzene rings is 1. The van der Waals surface area contributed by atoms with E-state index in [4.69, 9.17) is 16.3 Å². The first-order valence-electron chi connectivity index (χ1n) is 7.37. The van der Waals surface area contributed by atoms with Gasteiger partial charge in [0, 0.05) is 28.9 Å². The van der Waals surface area contributed by atoms with Crippen molar-refractivity contribution in [1.82, 2.24) is 10.3 Å². The quantitative estimate of drug-likeness (QED) is 0.856. The van der Waals surface area contributed by atoms with Gasteiger partial charge in [-0.1, -0.05) is 39.7 Å². The second kappa shape index (κ2) is 6.99. The zero-order valence-electron chi connectivity index (χ0n) is 12.4. The summed E-state index contributed by atoms with van der Waals surface area (Å²) in [6.45, 7) is 1.21. The fourth-order valence-corrected chi connectivity index (χ4v) is 3.36. The molecule has 1 aliphatic heterocycles. The summed E-state index contributed by atoms with van der Waals surface area (Å²) in [5.41, 5.74) is 0.923. The van der Waals surface area contributed by atoms with Gasteiger partial charge < -0.3 is 10.1 Å². The van der Waals surface area contributed by atoms with Crippen LogP contribution in [0.1, 0.15) is 28.9 Å². The summed E-state index contributed by atoms with van der Waals surface area (Å²) in [5, 5.41) is 3.65. The maximum atomic E-state index is 12.6. The van der Waals surface area contributed by atoms with Gasteiger partial charge in [0.25, 0.3) is 5.91 Å². The summed E-state index contributed by atoms with van der Waals surface area (Å²) in [6.07, 6.45) is 2.97. The van der Waals surface area contributed by atoms with Gasteiger partial charge in [-0.15, -0.1) is 0 Å². The maximum absolute atomic E-state index is 12.6. The lowest BCUT2D eigenvalue weighted by Crippen LogP contribution is -2.49. The zero-order valence-corrected chi connectivity index (χ0v) is 14.7. The molecule has 0 spiro atoms. The van der Waals surface area contributed by atoms with Crippen LogP contribution in [0, 0.1) is 0 Å². The topological polar surface area (TPSA) is 51.2 Å². The minimum absolute atomic E-state index is 0.227. The number of nitrogens with zero attached hydrogens (tertiary/aromatic N) is 1. The molecule has 0 aliphatic carbocycles. The lowest BCUT2D eigenvalue weighted by Gasteiger charge is -2.38. The Balaban J connectivity index is 1.92. The van der Waals surface area contributed by atoms with Crippen molar-refractivity contribution in [3.05, 3.63) is 63.3 Å². The molecule has 23 heavy (non-hydrogen) atoms. The van der Waals surface area contributed by atoms with Crippen LogP contribution in [0.5, 0.6) is 0 Å². The van der Waals surface area contributed by atoms with E-state index < -0.39 is 5.54 Å². The van der Waals surface area contributed by atoms with E-state index in [-0.39, 0.29) is 5.91 Å². The third-order valence-electron chi connectivity index (χ3n) is 4.03. The van der Waals surface area contributed by atoms with Crippen LogP contribution in [0.15, 0.2) is 47.1 Å². The fraction of sp³-hybridized carbons (Fsp3) is 0.294. The lowest BCUT2D eigenvalue weighted by atomic mass is 9.82. The first-order chi connectivity index (χ1) is 11.1. The predicted molar refractivity (Wildman–Crippen MR) is 92.6 cm³/mol. The Morgan fingerprint density at radius 1 is 1.26 bits per heavy atom. The van der Waals surface area contributed by atoms with Crippen molar-refractivity contribution in [3.8, 4) is 0 Å². The van der Waals surface area contributed by atoms with Gasteiger partial charge in [0.05, 0.1) is 5.54 Å². The molecule has 1 aromatic carbocycles. The maximum Gasteiger partial charge on any atom is 0.270 e. The molecule has 1 aliphatic rings. The van der Waals surface area contributed by atoms with Crippen LogP contribution in [-0.4, -0.2) is 24.1 Å². The van der Waals surface area contributed by atoms with Crippen molar-refractivity contribution >= 4 is 33.4 Å². The Labute approximate surface area is 148 Å². The van der Waals surface area contributed by atoms with Crippen LogP contribution >= 0.6 is 27.5 Å². The number of nitrogens with one attached hydrogen (secondary N) is 1. The molecule has 4 nitrogen and oxygen atoms in total. The number of aromatic nitrogens is 1. The predicted octanol–water partition coefficient (Wildman–Crippen LogP) is 3.93. The van der Waals surface area contributed by atoms with Crippen molar-refractivity contribution in [2.45, 2.75) is 18.4 Å². The molecule has 0 radical (unpaired) electrons. The number of rotatable bonds is 3. The molecular weight excluding hydrogens is 380 g/mol. The molecule has 120 valence electrons. The fourth-order valence-electron chi connectivity index (χ4n) is 2.80. The number of amides is 1. The van der Waals surface area contributed by atoms with E-state index >= 15 is 0 Å². The molecule has 0 saturated carbocycles. The molecule has 2 aromatic rings. The largest absolute Gasteiger partial charge is 0.381 e. The molecule has 0 bridgehead atoms. The summed E-state index contributed by atoms with van der Waals surface area (Å²) in [7, 11) is 0. The highest BCUT2D eigenvalue weighted by atomic mass is 79.9. The SMILES string of the molecule is O=C(NC1(c2cccc(Br)c2)CCOCC1)c1cc(Cl)ccn1. The number of hydrogen-bond acceptors (Lipinski definition) is 3. The minimum atomic E-state index is -0.455. The van der Waals surface area contributed by atoms with Crippen LogP contribution in [0.3, 0.4) is 0 Å². The molecule has 0 atom stereocenters. The first kappa shape index (κ1) is 16.4. The Kier molecular flexibility index (Phi) is 4.99.